The van der Waals surface area contributed by atoms with Gasteiger partial charge in [0.2, 0.25) is 15.9 Å². The zero-order valence-electron chi connectivity index (χ0n) is 17.2. The van der Waals surface area contributed by atoms with Gasteiger partial charge in [0.15, 0.2) is 0 Å². The number of hydrogen-bond acceptors (Lipinski definition) is 4. The maximum absolute atomic E-state index is 13.2. The highest BCUT2D eigenvalue weighted by molar-refractivity contribution is 7.89. The summed E-state index contributed by atoms with van der Waals surface area (Å²) in [6, 6.07) is 17.4. The molecule has 0 aromatic heterocycles. The number of rotatable bonds is 9. The summed E-state index contributed by atoms with van der Waals surface area (Å²) >= 11 is 6.12. The van der Waals surface area contributed by atoms with Gasteiger partial charge in [-0.05, 0) is 53.6 Å². The van der Waals surface area contributed by atoms with Gasteiger partial charge in [-0.25, -0.2) is 17.5 Å². The van der Waals surface area contributed by atoms with Gasteiger partial charge in [-0.3, -0.25) is 4.79 Å². The molecule has 2 N–H and O–H groups in total. The summed E-state index contributed by atoms with van der Waals surface area (Å²) in [5.74, 6) is -0.320. The third-order valence-corrected chi connectivity index (χ3v) is 6.62. The molecule has 0 saturated carbocycles. The summed E-state index contributed by atoms with van der Waals surface area (Å²) in [4.78, 5) is 12.5. The first-order valence-electron chi connectivity index (χ1n) is 9.70. The molecule has 3 rings (SSSR count). The molecule has 0 aliphatic rings. The molecule has 0 fully saturated rings. The van der Waals surface area contributed by atoms with Gasteiger partial charge in [0.1, 0.15) is 11.6 Å². The van der Waals surface area contributed by atoms with Gasteiger partial charge >= 0.3 is 0 Å². The van der Waals surface area contributed by atoms with Crippen molar-refractivity contribution < 1.29 is 22.3 Å². The molecule has 0 aliphatic heterocycles. The number of benzene rings is 3. The molecule has 1 atom stereocenters. The summed E-state index contributed by atoms with van der Waals surface area (Å²) < 4.78 is 46.6. The summed E-state index contributed by atoms with van der Waals surface area (Å²) in [6.45, 7) is 0.207. The van der Waals surface area contributed by atoms with Crippen LogP contribution in [0.4, 0.5) is 4.39 Å². The van der Waals surface area contributed by atoms with Gasteiger partial charge in [0, 0.05) is 18.0 Å². The molecule has 0 spiro atoms. The van der Waals surface area contributed by atoms with Crippen molar-refractivity contribution in [1.82, 2.24) is 10.0 Å². The van der Waals surface area contributed by atoms with Gasteiger partial charge in [0.05, 0.1) is 18.0 Å². The fraction of sp³-hybridized carbons (Fsp3) is 0.174. The number of amides is 1. The second kappa shape index (κ2) is 10.6. The van der Waals surface area contributed by atoms with Crippen molar-refractivity contribution in [3.05, 3.63) is 94.8 Å². The molecule has 9 heteroatoms. The van der Waals surface area contributed by atoms with E-state index in [4.69, 9.17) is 16.3 Å². The summed E-state index contributed by atoms with van der Waals surface area (Å²) in [5.41, 5.74) is 1.32. The molecular weight excluding hydrogens is 455 g/mol. The fourth-order valence-electron chi connectivity index (χ4n) is 3.03. The van der Waals surface area contributed by atoms with Crippen molar-refractivity contribution in [3.63, 3.8) is 0 Å². The highest BCUT2D eigenvalue weighted by Crippen LogP contribution is 2.23. The third kappa shape index (κ3) is 6.29. The minimum Gasteiger partial charge on any atom is -0.497 e. The number of methoxy groups -OCH3 is 1. The van der Waals surface area contributed by atoms with Crippen molar-refractivity contribution in [1.29, 1.82) is 0 Å². The Morgan fingerprint density at radius 3 is 2.31 bits per heavy atom. The molecule has 0 saturated heterocycles. The first-order chi connectivity index (χ1) is 15.3. The van der Waals surface area contributed by atoms with E-state index in [1.165, 1.54) is 19.2 Å². The maximum atomic E-state index is 13.2. The molecule has 168 valence electrons. The van der Waals surface area contributed by atoms with Crippen LogP contribution in [0, 0.1) is 5.82 Å². The van der Waals surface area contributed by atoms with E-state index < -0.39 is 21.9 Å². The maximum Gasteiger partial charge on any atom is 0.241 e. The number of ether oxygens (including phenoxy) is 1. The summed E-state index contributed by atoms with van der Waals surface area (Å²) in [6.07, 6.45) is -0.156. The van der Waals surface area contributed by atoms with Crippen LogP contribution in [0.2, 0.25) is 5.02 Å². The van der Waals surface area contributed by atoms with Crippen molar-refractivity contribution in [2.75, 3.05) is 7.11 Å². The lowest BCUT2D eigenvalue weighted by atomic mass is 10.0. The van der Waals surface area contributed by atoms with E-state index in [1.807, 2.05) is 6.07 Å². The topological polar surface area (TPSA) is 84.5 Å². The molecule has 6 nitrogen and oxygen atoms in total. The molecule has 0 heterocycles. The quantitative estimate of drug-likeness (QED) is 0.484. The van der Waals surface area contributed by atoms with Crippen molar-refractivity contribution in [3.8, 4) is 5.75 Å². The van der Waals surface area contributed by atoms with E-state index in [1.54, 1.807) is 42.5 Å². The number of sulfonamides is 1. The number of carbonyl (C=O) groups is 1. The zero-order valence-corrected chi connectivity index (χ0v) is 18.8. The Labute approximate surface area is 191 Å². The highest BCUT2D eigenvalue weighted by atomic mass is 35.5. The summed E-state index contributed by atoms with van der Waals surface area (Å²) in [5, 5.41) is 3.29. The van der Waals surface area contributed by atoms with Crippen LogP contribution in [-0.2, 0) is 21.4 Å². The predicted molar refractivity (Wildman–Crippen MR) is 120 cm³/mol. The minimum atomic E-state index is -4.01. The van der Waals surface area contributed by atoms with Crippen LogP contribution in [0.1, 0.15) is 23.6 Å². The fourth-order valence-corrected chi connectivity index (χ4v) is 4.45. The Balaban J connectivity index is 1.79. The molecule has 3 aromatic rings. The van der Waals surface area contributed by atoms with Crippen LogP contribution in [0.3, 0.4) is 0 Å². The Bertz CT molecular complexity index is 1170. The van der Waals surface area contributed by atoms with E-state index in [0.717, 1.165) is 17.7 Å². The zero-order chi connectivity index (χ0) is 23.1. The number of halogens is 2. The Morgan fingerprint density at radius 2 is 1.69 bits per heavy atom. The normalized spacial score (nSPS) is 12.2. The van der Waals surface area contributed by atoms with Gasteiger partial charge < -0.3 is 10.1 Å². The molecule has 0 radical (unpaired) electrons. The van der Waals surface area contributed by atoms with Crippen LogP contribution >= 0.6 is 11.6 Å². The van der Waals surface area contributed by atoms with Crippen LogP contribution < -0.4 is 14.8 Å². The van der Waals surface area contributed by atoms with Gasteiger partial charge in [-0.2, -0.15) is 0 Å². The van der Waals surface area contributed by atoms with Crippen molar-refractivity contribution in [2.24, 2.45) is 0 Å². The van der Waals surface area contributed by atoms with E-state index in [0.29, 0.717) is 16.3 Å². The molecule has 3 aromatic carbocycles. The van der Waals surface area contributed by atoms with Crippen molar-refractivity contribution >= 4 is 27.5 Å². The van der Waals surface area contributed by atoms with E-state index >= 15 is 0 Å². The molecule has 32 heavy (non-hydrogen) atoms. The van der Waals surface area contributed by atoms with E-state index in [2.05, 4.69) is 10.0 Å². The lowest BCUT2D eigenvalue weighted by Crippen LogP contribution is -2.33. The third-order valence-electron chi connectivity index (χ3n) is 4.76. The second-order valence-corrected chi connectivity index (χ2v) is 9.09. The smallest absolute Gasteiger partial charge is 0.241 e. The van der Waals surface area contributed by atoms with E-state index in [9.17, 15) is 17.6 Å². The minimum absolute atomic E-state index is 0.103. The lowest BCUT2D eigenvalue weighted by Gasteiger charge is -2.19. The monoisotopic (exact) mass is 476 g/mol. The van der Waals surface area contributed by atoms with Gasteiger partial charge in [-0.1, -0.05) is 41.9 Å². The van der Waals surface area contributed by atoms with Gasteiger partial charge in [-0.15, -0.1) is 0 Å². The average Bonchev–Trinajstić information content (AvgIpc) is 2.78. The number of hydrogen-bond donors (Lipinski definition) is 2. The molecule has 1 amide bonds. The average molecular weight is 477 g/mol. The largest absolute Gasteiger partial charge is 0.497 e. The van der Waals surface area contributed by atoms with Crippen LogP contribution in [-0.4, -0.2) is 21.4 Å². The SMILES string of the molecule is COc1ccc(C(CC(=O)NCc2ccccc2Cl)NS(=O)(=O)c2ccc(F)cc2)cc1. The van der Waals surface area contributed by atoms with Crippen LogP contribution in [0.15, 0.2) is 77.7 Å². The Kier molecular flexibility index (Phi) is 7.84. The van der Waals surface area contributed by atoms with Crippen LogP contribution in [0.5, 0.6) is 5.75 Å². The Hall–Kier alpha value is -2.94. The Morgan fingerprint density at radius 1 is 1.03 bits per heavy atom. The van der Waals surface area contributed by atoms with Crippen molar-refractivity contribution in [2.45, 2.75) is 23.9 Å². The molecule has 1 unspecified atom stereocenters. The van der Waals surface area contributed by atoms with E-state index in [-0.39, 0.29) is 23.8 Å². The summed E-state index contributed by atoms with van der Waals surface area (Å²) in [7, 11) is -2.49. The highest BCUT2D eigenvalue weighted by Gasteiger charge is 2.24. The van der Waals surface area contributed by atoms with Gasteiger partial charge in [0.25, 0.3) is 0 Å². The first-order valence-corrected chi connectivity index (χ1v) is 11.6. The first kappa shape index (κ1) is 23.7. The predicted octanol–water partition coefficient (Wildman–Crippen LogP) is 4.21. The van der Waals surface area contributed by atoms with Crippen LogP contribution in [0.25, 0.3) is 0 Å². The number of nitrogens with one attached hydrogen (secondary N) is 2. The molecule has 0 bridgehead atoms. The second-order valence-electron chi connectivity index (χ2n) is 6.97. The molecule has 0 aliphatic carbocycles. The molecular formula is C23H22ClFN2O4S. The standard InChI is InChI=1S/C23H22ClFN2O4S/c1-31-19-10-6-16(7-11-19)22(27-32(29,30)20-12-8-18(25)9-13-20)14-23(28)26-15-17-4-2-3-5-21(17)24/h2-13,22,27H,14-15H2,1H3,(H,26,28). The number of carbonyl (C=O) groups excluding carboxylic acids is 1. The lowest BCUT2D eigenvalue weighted by molar-refractivity contribution is -0.121.